The zero-order valence-electron chi connectivity index (χ0n) is 13.9. The Morgan fingerprint density at radius 3 is 2.83 bits per heavy atom. The molecular weight excluding hydrogens is 308 g/mol. The van der Waals surface area contributed by atoms with Crippen LogP contribution in [-0.2, 0) is 20.6 Å². The predicted octanol–water partition coefficient (Wildman–Crippen LogP) is 3.68. The van der Waals surface area contributed by atoms with E-state index in [0.717, 1.165) is 24.2 Å². The Kier molecular flexibility index (Phi) is 5.69. The molecular formula is C19H22O5. The van der Waals surface area contributed by atoms with Crippen molar-refractivity contribution in [3.63, 3.8) is 0 Å². The van der Waals surface area contributed by atoms with Gasteiger partial charge in [0.1, 0.15) is 17.6 Å². The highest BCUT2D eigenvalue weighted by molar-refractivity contribution is 5.38. The molecule has 5 nitrogen and oxygen atoms in total. The number of para-hydroxylation sites is 1. The molecule has 1 aliphatic heterocycles. The molecule has 1 heterocycles. The minimum absolute atomic E-state index is 0.0179. The molecule has 0 spiro atoms. The first-order chi connectivity index (χ1) is 11.8. The number of hydrogen-bond acceptors (Lipinski definition) is 5. The molecule has 0 fully saturated rings. The van der Waals surface area contributed by atoms with Crippen LogP contribution >= 0.6 is 0 Å². The first-order valence-electron chi connectivity index (χ1n) is 7.94. The molecule has 0 saturated heterocycles. The summed E-state index contributed by atoms with van der Waals surface area (Å²) >= 11 is 0. The van der Waals surface area contributed by atoms with Gasteiger partial charge < -0.3 is 18.9 Å². The van der Waals surface area contributed by atoms with Crippen LogP contribution in [0.15, 0.2) is 48.5 Å². The summed E-state index contributed by atoms with van der Waals surface area (Å²) in [5.41, 5.74) is 2.33. The van der Waals surface area contributed by atoms with Crippen LogP contribution in [0.3, 0.4) is 0 Å². The molecule has 128 valence electrons. The van der Waals surface area contributed by atoms with Gasteiger partial charge in [0, 0.05) is 14.2 Å². The summed E-state index contributed by atoms with van der Waals surface area (Å²) in [5.74, 6) is 1.62. The van der Waals surface area contributed by atoms with E-state index in [4.69, 9.17) is 23.7 Å². The lowest BCUT2D eigenvalue weighted by Crippen LogP contribution is -2.24. The fraction of sp³-hybridized carbons (Fsp3) is 0.368. The summed E-state index contributed by atoms with van der Waals surface area (Å²) in [6.07, 6.45) is 1.96. The molecule has 0 radical (unpaired) electrons. The van der Waals surface area contributed by atoms with Gasteiger partial charge in [-0.3, -0.25) is 4.74 Å². The number of methoxy groups -OCH3 is 2. The predicted molar refractivity (Wildman–Crippen MR) is 89.0 cm³/mol. The molecule has 2 aromatic rings. The smallest absolute Gasteiger partial charge is 0.317 e. The van der Waals surface area contributed by atoms with Crippen molar-refractivity contribution >= 4 is 0 Å². The third-order valence-electron chi connectivity index (χ3n) is 3.89. The fourth-order valence-corrected chi connectivity index (χ4v) is 2.73. The number of fused-ring (bicyclic) bond motifs is 1. The van der Waals surface area contributed by atoms with Crippen LogP contribution in [0.2, 0.25) is 0 Å². The van der Waals surface area contributed by atoms with Crippen LogP contribution < -0.4 is 9.47 Å². The lowest BCUT2D eigenvalue weighted by Gasteiger charge is -2.26. The zero-order valence-corrected chi connectivity index (χ0v) is 13.9. The molecule has 2 atom stereocenters. The summed E-state index contributed by atoms with van der Waals surface area (Å²) < 4.78 is 27.1. The number of benzene rings is 2. The molecule has 0 aromatic heterocycles. The van der Waals surface area contributed by atoms with Gasteiger partial charge in [0.05, 0.1) is 0 Å². The molecule has 0 aliphatic carbocycles. The highest BCUT2D eigenvalue weighted by Crippen LogP contribution is 2.35. The molecule has 24 heavy (non-hydrogen) atoms. The number of aryl methyl sites for hydroxylation is 1. The van der Waals surface area contributed by atoms with E-state index in [2.05, 4.69) is 6.07 Å². The van der Waals surface area contributed by atoms with Crippen molar-refractivity contribution in [3.8, 4) is 11.5 Å². The first kappa shape index (κ1) is 16.8. The monoisotopic (exact) mass is 330 g/mol. The number of ether oxygens (including phenoxy) is 5. The summed E-state index contributed by atoms with van der Waals surface area (Å²) in [6, 6.07) is 16.0. The molecule has 0 N–H and O–H groups in total. The quantitative estimate of drug-likeness (QED) is 0.725. The largest absolute Gasteiger partial charge is 0.485 e. The SMILES string of the molecule is COCO[C@@H](OC)Oc1cccc(C2CCc3ccccc3O2)c1. The Hall–Kier alpha value is -2.08. The third-order valence-corrected chi connectivity index (χ3v) is 3.89. The average Bonchev–Trinajstić information content (AvgIpc) is 2.65. The minimum Gasteiger partial charge on any atom is -0.485 e. The maximum Gasteiger partial charge on any atom is 0.317 e. The van der Waals surface area contributed by atoms with Gasteiger partial charge in [-0.15, -0.1) is 0 Å². The van der Waals surface area contributed by atoms with E-state index >= 15 is 0 Å². The first-order valence-corrected chi connectivity index (χ1v) is 7.94. The third kappa shape index (κ3) is 4.06. The van der Waals surface area contributed by atoms with Crippen molar-refractivity contribution in [2.45, 2.75) is 25.4 Å². The van der Waals surface area contributed by atoms with Gasteiger partial charge in [-0.05, 0) is 42.2 Å². The van der Waals surface area contributed by atoms with Gasteiger partial charge in [-0.1, -0.05) is 30.3 Å². The van der Waals surface area contributed by atoms with Crippen molar-refractivity contribution in [2.24, 2.45) is 0 Å². The molecule has 2 aromatic carbocycles. The van der Waals surface area contributed by atoms with Crippen LogP contribution in [-0.4, -0.2) is 27.5 Å². The van der Waals surface area contributed by atoms with E-state index in [0.29, 0.717) is 5.75 Å². The van der Waals surface area contributed by atoms with Gasteiger partial charge >= 0.3 is 6.48 Å². The zero-order chi connectivity index (χ0) is 16.8. The molecule has 5 heteroatoms. The van der Waals surface area contributed by atoms with E-state index in [1.54, 1.807) is 7.11 Å². The second kappa shape index (κ2) is 8.15. The topological polar surface area (TPSA) is 46.2 Å². The van der Waals surface area contributed by atoms with Crippen molar-refractivity contribution in [2.75, 3.05) is 21.0 Å². The average molecular weight is 330 g/mol. The Balaban J connectivity index is 1.69. The highest BCUT2D eigenvalue weighted by atomic mass is 16.9. The standard InChI is InChI=1S/C19H22O5/c1-20-13-22-19(21-2)23-16-8-5-7-15(12-16)18-11-10-14-6-3-4-9-17(14)24-18/h3-9,12,18-19H,10-11,13H2,1-2H3/t18?,19-/m1/s1. The van der Waals surface area contributed by atoms with Gasteiger partial charge in [0.25, 0.3) is 0 Å². The van der Waals surface area contributed by atoms with Crippen LogP contribution in [0.1, 0.15) is 23.7 Å². The van der Waals surface area contributed by atoms with Crippen molar-refractivity contribution in [3.05, 3.63) is 59.7 Å². The summed E-state index contributed by atoms with van der Waals surface area (Å²) in [5, 5.41) is 0. The van der Waals surface area contributed by atoms with E-state index in [1.165, 1.54) is 12.7 Å². The molecule has 3 rings (SSSR count). The number of rotatable bonds is 7. The van der Waals surface area contributed by atoms with Crippen LogP contribution in [0, 0.1) is 0 Å². The summed E-state index contributed by atoms with van der Waals surface area (Å²) in [4.78, 5) is 0. The van der Waals surface area contributed by atoms with E-state index in [9.17, 15) is 0 Å². The Morgan fingerprint density at radius 1 is 1.12 bits per heavy atom. The summed E-state index contributed by atoms with van der Waals surface area (Å²) in [7, 11) is 3.07. The molecule has 1 unspecified atom stereocenters. The Bertz CT molecular complexity index is 658. The minimum atomic E-state index is -0.812. The van der Waals surface area contributed by atoms with Gasteiger partial charge in [0.15, 0.2) is 6.79 Å². The maximum absolute atomic E-state index is 6.13. The van der Waals surface area contributed by atoms with Gasteiger partial charge in [-0.2, -0.15) is 0 Å². The highest BCUT2D eigenvalue weighted by Gasteiger charge is 2.21. The maximum atomic E-state index is 6.13. The lowest BCUT2D eigenvalue weighted by molar-refractivity contribution is -0.263. The van der Waals surface area contributed by atoms with Crippen LogP contribution in [0.5, 0.6) is 11.5 Å². The molecule has 0 saturated carbocycles. The number of hydrogen-bond donors (Lipinski definition) is 0. The Labute approximate surface area is 142 Å². The van der Waals surface area contributed by atoms with E-state index in [-0.39, 0.29) is 12.9 Å². The van der Waals surface area contributed by atoms with Crippen LogP contribution in [0.4, 0.5) is 0 Å². The van der Waals surface area contributed by atoms with Crippen molar-refractivity contribution < 1.29 is 23.7 Å². The van der Waals surface area contributed by atoms with Crippen molar-refractivity contribution in [1.82, 2.24) is 0 Å². The van der Waals surface area contributed by atoms with Gasteiger partial charge in [0.2, 0.25) is 0 Å². The fourth-order valence-electron chi connectivity index (χ4n) is 2.73. The van der Waals surface area contributed by atoms with Crippen molar-refractivity contribution in [1.29, 1.82) is 0 Å². The molecule has 0 bridgehead atoms. The second-order valence-corrected chi connectivity index (χ2v) is 5.54. The molecule has 0 amide bonds. The molecule has 1 aliphatic rings. The lowest BCUT2D eigenvalue weighted by atomic mass is 9.97. The summed E-state index contributed by atoms with van der Waals surface area (Å²) in [6.45, 7) is -0.714. The van der Waals surface area contributed by atoms with Crippen LogP contribution in [0.25, 0.3) is 0 Å². The van der Waals surface area contributed by atoms with Gasteiger partial charge in [-0.25, -0.2) is 0 Å². The normalized spacial score (nSPS) is 17.7. The van der Waals surface area contributed by atoms with E-state index in [1.807, 2.05) is 42.5 Å². The second-order valence-electron chi connectivity index (χ2n) is 5.54. The Morgan fingerprint density at radius 2 is 2.00 bits per heavy atom. The van der Waals surface area contributed by atoms with E-state index < -0.39 is 6.48 Å².